The summed E-state index contributed by atoms with van der Waals surface area (Å²) in [5.74, 6) is 0. The zero-order chi connectivity index (χ0) is 13.0. The fourth-order valence-electron chi connectivity index (χ4n) is 1.76. The third-order valence-corrected chi connectivity index (χ3v) is 3.70. The quantitative estimate of drug-likeness (QED) is 0.861. The molecule has 1 aromatic carbocycles. The van der Waals surface area contributed by atoms with Crippen LogP contribution < -0.4 is 5.32 Å². The van der Waals surface area contributed by atoms with E-state index in [4.69, 9.17) is 0 Å². The van der Waals surface area contributed by atoms with E-state index in [1.54, 1.807) is 0 Å². The molecule has 0 aliphatic rings. The lowest BCUT2D eigenvalue weighted by Crippen LogP contribution is -2.19. The summed E-state index contributed by atoms with van der Waals surface area (Å²) in [6.45, 7) is 6.87. The molecule has 1 aromatic heterocycles. The van der Waals surface area contributed by atoms with Crippen LogP contribution in [-0.4, -0.2) is 16.3 Å². The number of aromatic nitrogens is 2. The molecular weight excluding hydrogens is 290 g/mol. The molecule has 0 aliphatic heterocycles. The van der Waals surface area contributed by atoms with Crippen molar-refractivity contribution in [3.8, 4) is 0 Å². The highest BCUT2D eigenvalue weighted by atomic mass is 79.9. The molecule has 1 N–H and O–H groups in total. The van der Waals surface area contributed by atoms with Gasteiger partial charge in [-0.3, -0.25) is 4.68 Å². The zero-order valence-corrected chi connectivity index (χ0v) is 12.4. The molecule has 0 aliphatic carbocycles. The van der Waals surface area contributed by atoms with E-state index in [0.29, 0.717) is 0 Å². The van der Waals surface area contributed by atoms with Crippen LogP contribution in [0.15, 0.2) is 35.1 Å². The molecule has 0 fully saturated rings. The fraction of sp³-hybridized carbons (Fsp3) is 0.357. The Morgan fingerprint density at radius 3 is 2.83 bits per heavy atom. The number of halogens is 1. The van der Waals surface area contributed by atoms with Crippen LogP contribution in [0, 0.1) is 13.8 Å². The molecule has 2 rings (SSSR count). The van der Waals surface area contributed by atoms with Gasteiger partial charge in [-0.05, 0) is 36.6 Å². The van der Waals surface area contributed by atoms with Gasteiger partial charge in [-0.25, -0.2) is 0 Å². The van der Waals surface area contributed by atoms with Crippen molar-refractivity contribution in [2.24, 2.45) is 0 Å². The summed E-state index contributed by atoms with van der Waals surface area (Å²) in [6, 6.07) is 6.46. The molecule has 0 spiro atoms. The average Bonchev–Trinajstić information content (AvgIpc) is 2.75. The first kappa shape index (κ1) is 13.3. The van der Waals surface area contributed by atoms with Crippen molar-refractivity contribution in [1.29, 1.82) is 0 Å². The molecule has 0 amide bonds. The average molecular weight is 308 g/mol. The summed E-state index contributed by atoms with van der Waals surface area (Å²) < 4.78 is 3.14. The second-order valence-electron chi connectivity index (χ2n) is 4.54. The highest BCUT2D eigenvalue weighted by molar-refractivity contribution is 9.10. The van der Waals surface area contributed by atoms with Gasteiger partial charge < -0.3 is 5.32 Å². The lowest BCUT2D eigenvalue weighted by atomic mass is 10.1. The van der Waals surface area contributed by atoms with Gasteiger partial charge in [-0.2, -0.15) is 5.10 Å². The standard InChI is InChI=1S/C14H18BrN3/c1-11-8-17-18(10-11)6-5-16-9-13-4-3-12(2)14(15)7-13/h3-4,7-8,10,16H,5-6,9H2,1-2H3. The number of hydrogen-bond donors (Lipinski definition) is 1. The fourth-order valence-corrected chi connectivity index (χ4v) is 2.19. The number of nitrogens with zero attached hydrogens (tertiary/aromatic N) is 2. The van der Waals surface area contributed by atoms with E-state index in [2.05, 4.69) is 64.6 Å². The predicted octanol–water partition coefficient (Wildman–Crippen LogP) is 3.05. The third kappa shape index (κ3) is 3.68. The molecule has 0 atom stereocenters. The highest BCUT2D eigenvalue weighted by Gasteiger charge is 1.98. The normalized spacial score (nSPS) is 10.8. The van der Waals surface area contributed by atoms with Gasteiger partial charge in [0, 0.05) is 23.8 Å². The third-order valence-electron chi connectivity index (χ3n) is 2.85. The molecule has 0 unspecified atom stereocenters. The number of aryl methyl sites for hydroxylation is 2. The first-order chi connectivity index (χ1) is 8.65. The first-order valence-corrected chi connectivity index (χ1v) is 6.89. The van der Waals surface area contributed by atoms with Gasteiger partial charge in [0.1, 0.15) is 0 Å². The van der Waals surface area contributed by atoms with Crippen molar-refractivity contribution >= 4 is 15.9 Å². The zero-order valence-electron chi connectivity index (χ0n) is 10.8. The Kier molecular flexibility index (Phi) is 4.55. The Labute approximate surface area is 116 Å². The Balaban J connectivity index is 1.76. The number of benzene rings is 1. The molecule has 0 saturated carbocycles. The van der Waals surface area contributed by atoms with Crippen molar-refractivity contribution in [3.63, 3.8) is 0 Å². The minimum Gasteiger partial charge on any atom is -0.311 e. The Morgan fingerprint density at radius 1 is 1.33 bits per heavy atom. The van der Waals surface area contributed by atoms with E-state index in [0.717, 1.165) is 19.6 Å². The molecule has 18 heavy (non-hydrogen) atoms. The molecule has 1 heterocycles. The highest BCUT2D eigenvalue weighted by Crippen LogP contribution is 2.17. The van der Waals surface area contributed by atoms with Crippen LogP contribution in [-0.2, 0) is 13.1 Å². The van der Waals surface area contributed by atoms with Crippen LogP contribution in [0.4, 0.5) is 0 Å². The monoisotopic (exact) mass is 307 g/mol. The van der Waals surface area contributed by atoms with Crippen molar-refractivity contribution in [3.05, 3.63) is 51.8 Å². The van der Waals surface area contributed by atoms with E-state index in [-0.39, 0.29) is 0 Å². The van der Waals surface area contributed by atoms with Gasteiger partial charge in [0.05, 0.1) is 12.7 Å². The van der Waals surface area contributed by atoms with Crippen LogP contribution >= 0.6 is 15.9 Å². The van der Waals surface area contributed by atoms with Crippen LogP contribution in [0.25, 0.3) is 0 Å². The Morgan fingerprint density at radius 2 is 2.17 bits per heavy atom. The maximum Gasteiger partial charge on any atom is 0.0534 e. The first-order valence-electron chi connectivity index (χ1n) is 6.10. The molecule has 96 valence electrons. The second-order valence-corrected chi connectivity index (χ2v) is 5.40. The van der Waals surface area contributed by atoms with Crippen LogP contribution in [0.3, 0.4) is 0 Å². The van der Waals surface area contributed by atoms with Crippen LogP contribution in [0.5, 0.6) is 0 Å². The molecule has 0 saturated heterocycles. The smallest absolute Gasteiger partial charge is 0.0534 e. The maximum atomic E-state index is 4.26. The number of nitrogens with one attached hydrogen (secondary N) is 1. The summed E-state index contributed by atoms with van der Waals surface area (Å²) in [6.07, 6.45) is 3.95. The van der Waals surface area contributed by atoms with Crippen LogP contribution in [0.1, 0.15) is 16.7 Å². The van der Waals surface area contributed by atoms with Gasteiger partial charge in [-0.15, -0.1) is 0 Å². The molecule has 2 aromatic rings. The largest absolute Gasteiger partial charge is 0.311 e. The van der Waals surface area contributed by atoms with Crippen molar-refractivity contribution in [2.75, 3.05) is 6.54 Å². The minimum atomic E-state index is 0.888. The van der Waals surface area contributed by atoms with Gasteiger partial charge in [0.15, 0.2) is 0 Å². The van der Waals surface area contributed by atoms with E-state index in [9.17, 15) is 0 Å². The van der Waals surface area contributed by atoms with Gasteiger partial charge in [-0.1, -0.05) is 28.1 Å². The summed E-state index contributed by atoms with van der Waals surface area (Å²) in [5, 5.41) is 7.68. The molecular formula is C14H18BrN3. The molecule has 4 heteroatoms. The molecule has 0 radical (unpaired) electrons. The Hall–Kier alpha value is -1.13. The minimum absolute atomic E-state index is 0.888. The topological polar surface area (TPSA) is 29.9 Å². The number of hydrogen-bond acceptors (Lipinski definition) is 2. The van der Waals surface area contributed by atoms with Crippen molar-refractivity contribution < 1.29 is 0 Å². The van der Waals surface area contributed by atoms with E-state index < -0.39 is 0 Å². The van der Waals surface area contributed by atoms with Crippen molar-refractivity contribution in [1.82, 2.24) is 15.1 Å². The predicted molar refractivity (Wildman–Crippen MR) is 77.5 cm³/mol. The van der Waals surface area contributed by atoms with Gasteiger partial charge >= 0.3 is 0 Å². The SMILES string of the molecule is Cc1cnn(CCNCc2ccc(C)c(Br)c2)c1. The van der Waals surface area contributed by atoms with Gasteiger partial charge in [0.25, 0.3) is 0 Å². The van der Waals surface area contributed by atoms with Gasteiger partial charge in [0.2, 0.25) is 0 Å². The van der Waals surface area contributed by atoms with Crippen LogP contribution in [0.2, 0.25) is 0 Å². The number of rotatable bonds is 5. The van der Waals surface area contributed by atoms with Crippen molar-refractivity contribution in [2.45, 2.75) is 26.9 Å². The second kappa shape index (κ2) is 6.16. The summed E-state index contributed by atoms with van der Waals surface area (Å²) in [4.78, 5) is 0. The van der Waals surface area contributed by atoms with E-state index in [1.807, 2.05) is 10.9 Å². The summed E-state index contributed by atoms with van der Waals surface area (Å²) in [5.41, 5.74) is 3.77. The maximum absolute atomic E-state index is 4.26. The van der Waals surface area contributed by atoms with E-state index >= 15 is 0 Å². The lowest BCUT2D eigenvalue weighted by molar-refractivity contribution is 0.554. The molecule has 0 bridgehead atoms. The lowest BCUT2D eigenvalue weighted by Gasteiger charge is -2.07. The van der Waals surface area contributed by atoms with E-state index in [1.165, 1.54) is 21.2 Å². The summed E-state index contributed by atoms with van der Waals surface area (Å²) in [7, 11) is 0. The Bertz CT molecular complexity index is 520. The summed E-state index contributed by atoms with van der Waals surface area (Å²) >= 11 is 3.55. The molecule has 3 nitrogen and oxygen atoms in total.